The third kappa shape index (κ3) is 3.89. The first-order valence-electron chi connectivity index (χ1n) is 7.23. The van der Waals surface area contributed by atoms with Crippen LogP contribution in [0.2, 0.25) is 0 Å². The van der Waals surface area contributed by atoms with Crippen LogP contribution < -0.4 is 15.7 Å². The van der Waals surface area contributed by atoms with E-state index < -0.39 is 17.1 Å². The number of hydrogen-bond donors (Lipinski definition) is 1. The summed E-state index contributed by atoms with van der Waals surface area (Å²) >= 11 is 0. The minimum Gasteiger partial charge on any atom is -0.484 e. The van der Waals surface area contributed by atoms with Crippen molar-refractivity contribution < 1.29 is 13.9 Å². The minimum atomic E-state index is -0.948. The van der Waals surface area contributed by atoms with Crippen molar-refractivity contribution in [2.45, 2.75) is 26.3 Å². The second-order valence-electron chi connectivity index (χ2n) is 5.76. The topological polar surface area (TPSA) is 92.3 Å². The second-order valence-corrected chi connectivity index (χ2v) is 5.76. The van der Waals surface area contributed by atoms with Gasteiger partial charge in [-0.25, -0.2) is 4.79 Å². The molecule has 0 saturated heterocycles. The summed E-state index contributed by atoms with van der Waals surface area (Å²) in [6.07, 6.45) is 0. The average molecular weight is 314 g/mol. The number of nitrogens with zero attached hydrogens (tertiary/aromatic N) is 1. The van der Waals surface area contributed by atoms with Crippen molar-refractivity contribution in [2.24, 2.45) is 5.92 Å². The van der Waals surface area contributed by atoms with Crippen LogP contribution in [-0.2, 0) is 4.79 Å². The summed E-state index contributed by atoms with van der Waals surface area (Å²) in [7, 11) is 0. The maximum absolute atomic E-state index is 12.0. The van der Waals surface area contributed by atoms with Gasteiger partial charge in [0.15, 0.2) is 6.61 Å². The van der Waals surface area contributed by atoms with E-state index in [1.54, 1.807) is 31.2 Å². The molecule has 0 bridgehead atoms. The van der Waals surface area contributed by atoms with Gasteiger partial charge in [0.05, 0.1) is 6.07 Å². The Balaban J connectivity index is 2.05. The summed E-state index contributed by atoms with van der Waals surface area (Å²) in [5.74, 6) is -0.0195. The highest BCUT2D eigenvalue weighted by atomic mass is 16.5. The van der Waals surface area contributed by atoms with Crippen LogP contribution in [0.5, 0.6) is 5.75 Å². The summed E-state index contributed by atoms with van der Waals surface area (Å²) in [6.45, 7) is 5.15. The van der Waals surface area contributed by atoms with Gasteiger partial charge in [0.25, 0.3) is 5.91 Å². The van der Waals surface area contributed by atoms with E-state index in [2.05, 4.69) is 11.4 Å². The molecule has 120 valence electrons. The Morgan fingerprint density at radius 3 is 2.74 bits per heavy atom. The zero-order chi connectivity index (χ0) is 17.0. The predicted molar refractivity (Wildman–Crippen MR) is 85.0 cm³/mol. The van der Waals surface area contributed by atoms with Crippen LogP contribution >= 0.6 is 0 Å². The number of nitriles is 1. The quantitative estimate of drug-likeness (QED) is 0.854. The summed E-state index contributed by atoms with van der Waals surface area (Å²) in [4.78, 5) is 23.2. The fraction of sp³-hybridized carbons (Fsp3) is 0.353. The molecular formula is C17H18N2O4. The van der Waals surface area contributed by atoms with Crippen LogP contribution in [0.1, 0.15) is 20.8 Å². The van der Waals surface area contributed by atoms with Crippen molar-refractivity contribution in [1.29, 1.82) is 5.26 Å². The molecule has 1 heterocycles. The van der Waals surface area contributed by atoms with Crippen molar-refractivity contribution in [1.82, 2.24) is 5.32 Å². The molecule has 1 aromatic carbocycles. The smallest absolute Gasteiger partial charge is 0.336 e. The first kappa shape index (κ1) is 16.6. The zero-order valence-corrected chi connectivity index (χ0v) is 13.3. The van der Waals surface area contributed by atoms with Crippen LogP contribution in [0.25, 0.3) is 11.0 Å². The van der Waals surface area contributed by atoms with Crippen molar-refractivity contribution in [3.05, 3.63) is 40.8 Å². The fourth-order valence-electron chi connectivity index (χ4n) is 1.91. The van der Waals surface area contributed by atoms with Gasteiger partial charge in [0.2, 0.25) is 0 Å². The number of carbonyl (C=O) groups is 1. The molecule has 1 atom stereocenters. The van der Waals surface area contributed by atoms with Gasteiger partial charge in [-0.05, 0) is 31.0 Å². The lowest BCUT2D eigenvalue weighted by Crippen LogP contribution is -2.50. The molecule has 0 aliphatic rings. The molecule has 0 radical (unpaired) electrons. The summed E-state index contributed by atoms with van der Waals surface area (Å²) in [5, 5.41) is 12.6. The van der Waals surface area contributed by atoms with Gasteiger partial charge in [0, 0.05) is 17.5 Å². The van der Waals surface area contributed by atoms with E-state index in [0.29, 0.717) is 11.3 Å². The van der Waals surface area contributed by atoms with E-state index in [4.69, 9.17) is 9.15 Å². The highest BCUT2D eigenvalue weighted by Gasteiger charge is 2.29. The Labute approximate surface area is 133 Å². The highest BCUT2D eigenvalue weighted by molar-refractivity contribution is 5.80. The Morgan fingerprint density at radius 1 is 1.39 bits per heavy atom. The Bertz CT molecular complexity index is 819. The Hall–Kier alpha value is -2.81. The number of hydrogen-bond acceptors (Lipinski definition) is 5. The molecule has 23 heavy (non-hydrogen) atoms. The third-order valence-corrected chi connectivity index (χ3v) is 3.75. The summed E-state index contributed by atoms with van der Waals surface area (Å²) in [6, 6.07) is 10.1. The first-order valence-corrected chi connectivity index (χ1v) is 7.23. The number of carbonyl (C=O) groups excluding carboxylic acids is 1. The normalized spacial score (nSPS) is 13.3. The van der Waals surface area contributed by atoms with E-state index in [1.165, 1.54) is 6.07 Å². The SMILES string of the molecule is CC(C)C(C)(C#N)NC(=O)COc1ccc2ccc(=O)oc2c1. The maximum atomic E-state index is 12.0. The number of fused-ring (bicyclic) bond motifs is 1. The van der Waals surface area contributed by atoms with Crippen molar-refractivity contribution in [2.75, 3.05) is 6.61 Å². The zero-order valence-electron chi connectivity index (χ0n) is 13.3. The number of rotatable bonds is 5. The van der Waals surface area contributed by atoms with Gasteiger partial charge in [-0.15, -0.1) is 0 Å². The fourth-order valence-corrected chi connectivity index (χ4v) is 1.91. The standard InChI is InChI=1S/C17H18N2O4/c1-11(2)17(3,10-18)19-15(20)9-22-13-6-4-12-5-7-16(21)23-14(12)8-13/h4-8,11H,9H2,1-3H3,(H,19,20). The summed E-state index contributed by atoms with van der Waals surface area (Å²) in [5.41, 5.74) is -1.01. The van der Waals surface area contributed by atoms with Gasteiger partial charge in [-0.3, -0.25) is 4.79 Å². The molecule has 1 N–H and O–H groups in total. The third-order valence-electron chi connectivity index (χ3n) is 3.75. The van der Waals surface area contributed by atoms with Crippen LogP contribution in [0.15, 0.2) is 39.5 Å². The van der Waals surface area contributed by atoms with E-state index in [0.717, 1.165) is 5.39 Å². The lowest BCUT2D eigenvalue weighted by molar-refractivity contribution is -0.124. The molecule has 0 saturated carbocycles. The Morgan fingerprint density at radius 2 is 2.09 bits per heavy atom. The average Bonchev–Trinajstić information content (AvgIpc) is 2.52. The van der Waals surface area contributed by atoms with Gasteiger partial charge < -0.3 is 14.5 Å². The molecule has 6 heteroatoms. The maximum Gasteiger partial charge on any atom is 0.336 e. The van der Waals surface area contributed by atoms with E-state index in [-0.39, 0.29) is 12.5 Å². The molecule has 1 unspecified atom stereocenters. The Kier molecular flexibility index (Phi) is 4.70. The molecule has 2 aromatic rings. The van der Waals surface area contributed by atoms with E-state index in [1.807, 2.05) is 13.8 Å². The predicted octanol–water partition coefficient (Wildman–Crippen LogP) is 2.23. The van der Waals surface area contributed by atoms with Crippen LogP contribution in [0.3, 0.4) is 0 Å². The highest BCUT2D eigenvalue weighted by Crippen LogP contribution is 2.19. The van der Waals surface area contributed by atoms with Gasteiger partial charge in [-0.2, -0.15) is 5.26 Å². The van der Waals surface area contributed by atoms with E-state index >= 15 is 0 Å². The molecule has 2 rings (SSSR count). The van der Waals surface area contributed by atoms with Crippen LogP contribution in [-0.4, -0.2) is 18.1 Å². The van der Waals surface area contributed by atoms with Crippen molar-refractivity contribution in [3.8, 4) is 11.8 Å². The molecule has 0 spiro atoms. The second kappa shape index (κ2) is 6.53. The van der Waals surface area contributed by atoms with Gasteiger partial charge >= 0.3 is 5.63 Å². The molecule has 6 nitrogen and oxygen atoms in total. The molecule has 0 aliphatic heterocycles. The van der Waals surface area contributed by atoms with Crippen molar-refractivity contribution >= 4 is 16.9 Å². The monoisotopic (exact) mass is 314 g/mol. The first-order chi connectivity index (χ1) is 10.8. The largest absolute Gasteiger partial charge is 0.484 e. The number of amides is 1. The van der Waals surface area contributed by atoms with Crippen LogP contribution in [0.4, 0.5) is 0 Å². The lowest BCUT2D eigenvalue weighted by atomic mass is 9.90. The molecule has 0 fully saturated rings. The molecular weight excluding hydrogens is 296 g/mol. The van der Waals surface area contributed by atoms with Crippen molar-refractivity contribution in [3.63, 3.8) is 0 Å². The summed E-state index contributed by atoms with van der Waals surface area (Å²) < 4.78 is 10.5. The lowest BCUT2D eigenvalue weighted by Gasteiger charge is -2.27. The van der Waals surface area contributed by atoms with Gasteiger partial charge in [0.1, 0.15) is 16.9 Å². The van der Waals surface area contributed by atoms with E-state index in [9.17, 15) is 14.9 Å². The van der Waals surface area contributed by atoms with Gasteiger partial charge in [-0.1, -0.05) is 13.8 Å². The molecule has 1 amide bonds. The molecule has 1 aromatic heterocycles. The minimum absolute atomic E-state index is 0.0357. The number of ether oxygens (including phenoxy) is 1. The number of nitrogens with one attached hydrogen (secondary N) is 1. The number of benzene rings is 1. The van der Waals surface area contributed by atoms with Crippen LogP contribution in [0, 0.1) is 17.2 Å². The molecule has 0 aliphatic carbocycles.